The molecule has 0 radical (unpaired) electrons. The number of hydrogen-bond donors (Lipinski definition) is 5. The zero-order chi connectivity index (χ0) is 19.0. The fourth-order valence-corrected chi connectivity index (χ4v) is 2.55. The van der Waals surface area contributed by atoms with Crippen molar-refractivity contribution in [3.63, 3.8) is 0 Å². The number of alkyl halides is 3. The molecular weight excluding hydrogens is 349 g/mol. The molecule has 3 atom stereocenters. The summed E-state index contributed by atoms with van der Waals surface area (Å²) in [6.45, 7) is 1.10. The largest absolute Gasteiger partial charge is 0.504 e. The molecule has 25 heavy (non-hydrogen) atoms. The van der Waals surface area contributed by atoms with Crippen LogP contribution in [-0.4, -0.2) is 45.8 Å². The zero-order valence-electron chi connectivity index (χ0n) is 12.8. The van der Waals surface area contributed by atoms with E-state index >= 15 is 0 Å². The number of nitrogens with one attached hydrogen (secondary N) is 2. The molecule has 1 aliphatic heterocycles. The number of halogens is 3. The number of ether oxygens (including phenoxy) is 1. The van der Waals surface area contributed by atoms with Crippen molar-refractivity contribution in [2.45, 2.75) is 24.9 Å². The summed E-state index contributed by atoms with van der Waals surface area (Å²) in [4.78, 5) is 23.8. The van der Waals surface area contributed by atoms with Crippen molar-refractivity contribution >= 4 is 12.0 Å². The zero-order valence-corrected chi connectivity index (χ0v) is 12.8. The maximum atomic E-state index is 13.4. The lowest BCUT2D eigenvalue weighted by molar-refractivity contribution is -0.294. The maximum Gasteiger partial charge on any atom is 0.437 e. The number of esters is 1. The minimum atomic E-state index is -5.39. The molecule has 2 rings (SSSR count). The van der Waals surface area contributed by atoms with Crippen LogP contribution in [0, 0.1) is 5.92 Å². The molecule has 0 unspecified atom stereocenters. The lowest BCUT2D eigenvalue weighted by Gasteiger charge is -2.44. The van der Waals surface area contributed by atoms with Crippen molar-refractivity contribution < 1.29 is 42.8 Å². The number of rotatable bonds is 3. The third-order valence-corrected chi connectivity index (χ3v) is 3.71. The second-order valence-corrected chi connectivity index (χ2v) is 5.32. The number of aliphatic hydroxyl groups is 1. The molecule has 0 saturated carbocycles. The van der Waals surface area contributed by atoms with Gasteiger partial charge in [-0.2, -0.15) is 13.2 Å². The van der Waals surface area contributed by atoms with E-state index in [0.29, 0.717) is 0 Å². The van der Waals surface area contributed by atoms with Crippen LogP contribution < -0.4 is 10.6 Å². The Morgan fingerprint density at radius 2 is 1.96 bits per heavy atom. The smallest absolute Gasteiger partial charge is 0.437 e. The molecule has 0 aromatic heterocycles. The van der Waals surface area contributed by atoms with E-state index in [4.69, 9.17) is 0 Å². The molecule has 11 heteroatoms. The molecular formula is C14H15F3N2O6. The minimum absolute atomic E-state index is 0.147. The van der Waals surface area contributed by atoms with E-state index < -0.39 is 47.4 Å². The second-order valence-electron chi connectivity index (χ2n) is 5.32. The van der Waals surface area contributed by atoms with Gasteiger partial charge in [0.2, 0.25) is 0 Å². The van der Waals surface area contributed by atoms with E-state index in [9.17, 15) is 38.1 Å². The Morgan fingerprint density at radius 1 is 1.32 bits per heavy atom. The first-order valence-corrected chi connectivity index (χ1v) is 7.07. The Hall–Kier alpha value is -2.69. The van der Waals surface area contributed by atoms with Crippen LogP contribution in [0.5, 0.6) is 11.5 Å². The Morgan fingerprint density at radius 3 is 2.48 bits per heavy atom. The van der Waals surface area contributed by atoms with Gasteiger partial charge < -0.3 is 30.7 Å². The van der Waals surface area contributed by atoms with Gasteiger partial charge in [-0.25, -0.2) is 4.79 Å². The molecule has 0 aliphatic carbocycles. The van der Waals surface area contributed by atoms with Gasteiger partial charge in [0.15, 0.2) is 11.5 Å². The minimum Gasteiger partial charge on any atom is -0.504 e. The normalized spacial score (nSPS) is 26.5. The predicted octanol–water partition coefficient (Wildman–Crippen LogP) is 0.882. The number of urea groups is 1. The highest BCUT2D eigenvalue weighted by molar-refractivity contribution is 5.83. The van der Waals surface area contributed by atoms with Gasteiger partial charge in [-0.15, -0.1) is 0 Å². The van der Waals surface area contributed by atoms with Crippen molar-refractivity contribution in [3.05, 3.63) is 23.8 Å². The van der Waals surface area contributed by atoms with E-state index in [1.54, 1.807) is 0 Å². The first-order valence-electron chi connectivity index (χ1n) is 7.07. The highest BCUT2D eigenvalue weighted by Gasteiger charge is 2.67. The van der Waals surface area contributed by atoms with Crippen LogP contribution in [-0.2, 0) is 9.53 Å². The summed E-state index contributed by atoms with van der Waals surface area (Å²) in [6, 6.07) is -0.125. The molecule has 1 saturated heterocycles. The van der Waals surface area contributed by atoms with Crippen molar-refractivity contribution in [3.8, 4) is 11.5 Å². The van der Waals surface area contributed by atoms with Gasteiger partial charge in [-0.1, -0.05) is 6.07 Å². The molecule has 1 aromatic rings. The molecule has 1 heterocycles. The van der Waals surface area contributed by atoms with Gasteiger partial charge in [0, 0.05) is 0 Å². The summed E-state index contributed by atoms with van der Waals surface area (Å²) >= 11 is 0. The van der Waals surface area contributed by atoms with Crippen LogP contribution in [0.2, 0.25) is 0 Å². The van der Waals surface area contributed by atoms with Crippen LogP contribution in [0.4, 0.5) is 18.0 Å². The average molecular weight is 364 g/mol. The van der Waals surface area contributed by atoms with Crippen molar-refractivity contribution in [2.24, 2.45) is 5.92 Å². The number of benzene rings is 1. The van der Waals surface area contributed by atoms with Crippen LogP contribution in [0.1, 0.15) is 18.5 Å². The molecule has 1 aliphatic rings. The molecule has 0 bridgehead atoms. The lowest BCUT2D eigenvalue weighted by atomic mass is 9.82. The molecule has 0 spiro atoms. The number of hydrogen-bond acceptors (Lipinski definition) is 6. The number of amides is 2. The summed E-state index contributed by atoms with van der Waals surface area (Å²) in [5.74, 6) is -4.94. The maximum absolute atomic E-state index is 13.4. The quantitative estimate of drug-likeness (QED) is 0.400. The molecule has 1 aromatic carbocycles. The number of carbonyl (C=O) groups excluding carboxylic acids is 2. The fraction of sp³-hybridized carbons (Fsp3) is 0.429. The Labute approximate surface area is 139 Å². The van der Waals surface area contributed by atoms with E-state index in [1.807, 2.05) is 0 Å². The standard InChI is InChI=1S/C14H15F3N2O6/c1-2-25-11(22)9-10(6-3-4-7(20)8(21)5-6)18-12(23)19-13(9,24)14(15,16)17/h3-5,9-10,20-21,24H,2H2,1H3,(H2,18,19,23)/t9-,10+,13+/m0/s1. The lowest BCUT2D eigenvalue weighted by Crippen LogP contribution is -2.73. The van der Waals surface area contributed by atoms with Gasteiger partial charge in [-0.05, 0) is 24.6 Å². The Bertz CT molecular complexity index is 696. The molecule has 5 N–H and O–H groups in total. The van der Waals surface area contributed by atoms with Gasteiger partial charge in [0.25, 0.3) is 5.72 Å². The van der Waals surface area contributed by atoms with Gasteiger partial charge in [0.05, 0.1) is 12.6 Å². The number of phenols is 2. The molecule has 1 fully saturated rings. The third kappa shape index (κ3) is 3.27. The predicted molar refractivity (Wildman–Crippen MR) is 75.3 cm³/mol. The first kappa shape index (κ1) is 18.6. The topological polar surface area (TPSA) is 128 Å². The summed E-state index contributed by atoms with van der Waals surface area (Å²) < 4.78 is 44.8. The highest BCUT2D eigenvalue weighted by atomic mass is 19.4. The van der Waals surface area contributed by atoms with E-state index in [-0.39, 0.29) is 12.2 Å². The molecule has 2 amide bonds. The highest BCUT2D eigenvalue weighted by Crippen LogP contribution is 2.44. The molecule has 8 nitrogen and oxygen atoms in total. The van der Waals surface area contributed by atoms with Gasteiger partial charge in [-0.3, -0.25) is 4.79 Å². The van der Waals surface area contributed by atoms with Crippen LogP contribution in [0.3, 0.4) is 0 Å². The van der Waals surface area contributed by atoms with Gasteiger partial charge >= 0.3 is 18.2 Å². The van der Waals surface area contributed by atoms with Crippen molar-refractivity contribution in [1.82, 2.24) is 10.6 Å². The number of phenolic OH excluding ortho intramolecular Hbond substituents is 2. The summed E-state index contributed by atoms with van der Waals surface area (Å²) in [5, 5.41) is 32.3. The molecule has 138 valence electrons. The van der Waals surface area contributed by atoms with Crippen LogP contribution in [0.25, 0.3) is 0 Å². The van der Waals surface area contributed by atoms with E-state index in [2.05, 4.69) is 10.1 Å². The third-order valence-electron chi connectivity index (χ3n) is 3.71. The number of aromatic hydroxyl groups is 2. The Kier molecular flexibility index (Phi) is 4.71. The summed E-state index contributed by atoms with van der Waals surface area (Å²) in [5.41, 5.74) is -4.04. The number of carbonyl (C=O) groups is 2. The van der Waals surface area contributed by atoms with Crippen LogP contribution >= 0.6 is 0 Å². The first-order chi connectivity index (χ1) is 11.5. The summed E-state index contributed by atoms with van der Waals surface area (Å²) in [7, 11) is 0. The monoisotopic (exact) mass is 364 g/mol. The van der Waals surface area contributed by atoms with Crippen LogP contribution in [0.15, 0.2) is 18.2 Å². The van der Waals surface area contributed by atoms with E-state index in [1.165, 1.54) is 12.2 Å². The van der Waals surface area contributed by atoms with Gasteiger partial charge in [0.1, 0.15) is 5.92 Å². The average Bonchev–Trinajstić information content (AvgIpc) is 2.48. The van der Waals surface area contributed by atoms with Crippen molar-refractivity contribution in [2.75, 3.05) is 6.61 Å². The van der Waals surface area contributed by atoms with Crippen molar-refractivity contribution in [1.29, 1.82) is 0 Å². The summed E-state index contributed by atoms with van der Waals surface area (Å²) in [6.07, 6.45) is -5.39. The SMILES string of the molecule is CCOC(=O)[C@@H]1[C@@H](c2ccc(O)c(O)c2)NC(=O)N[C@]1(O)C(F)(F)F. The Balaban J connectivity index is 2.59. The second kappa shape index (κ2) is 6.31. The fourth-order valence-electron chi connectivity index (χ4n) is 2.55. The van der Waals surface area contributed by atoms with E-state index in [0.717, 1.165) is 18.2 Å².